The Labute approximate surface area is 251 Å². The van der Waals surface area contributed by atoms with E-state index in [1.165, 1.54) is 11.3 Å². The van der Waals surface area contributed by atoms with E-state index >= 15 is 0 Å². The normalized spacial score (nSPS) is 15.0. The summed E-state index contributed by atoms with van der Waals surface area (Å²) in [4.78, 5) is 33.3. The lowest BCUT2D eigenvalue weighted by molar-refractivity contribution is -0.113. The second-order valence-electron chi connectivity index (χ2n) is 10.2. The zero-order valence-electron chi connectivity index (χ0n) is 23.6. The van der Waals surface area contributed by atoms with Gasteiger partial charge in [0, 0.05) is 22.0 Å². The molecule has 0 saturated carbocycles. The van der Waals surface area contributed by atoms with Crippen LogP contribution in [-0.4, -0.2) is 20.3 Å². The number of hydrogen-bond acceptors (Lipinski definition) is 5. The van der Waals surface area contributed by atoms with Crippen LogP contribution in [0.15, 0.2) is 99.9 Å². The predicted octanol–water partition coefficient (Wildman–Crippen LogP) is 5.64. The number of halogens is 1. The summed E-state index contributed by atoms with van der Waals surface area (Å²) in [6.45, 7) is 7.67. The van der Waals surface area contributed by atoms with E-state index in [9.17, 15) is 9.59 Å². The predicted molar refractivity (Wildman–Crippen MR) is 168 cm³/mol. The number of thiazole rings is 1. The first-order valence-electron chi connectivity index (χ1n) is 13.5. The van der Waals surface area contributed by atoms with Crippen LogP contribution in [0.5, 0.6) is 0 Å². The van der Waals surface area contributed by atoms with Crippen molar-refractivity contribution in [2.75, 3.05) is 5.32 Å². The molecule has 0 saturated heterocycles. The number of para-hydroxylation sites is 2. The third kappa shape index (κ3) is 4.93. The number of nitrogens with zero attached hydrogens (tertiary/aromatic N) is 4. The van der Waals surface area contributed by atoms with Crippen LogP contribution in [0.25, 0.3) is 11.8 Å². The number of aromatic nitrogens is 3. The highest BCUT2D eigenvalue weighted by Crippen LogP contribution is 2.32. The minimum Gasteiger partial charge on any atom is -0.322 e. The maximum Gasteiger partial charge on any atom is 0.271 e. The Kier molecular flexibility index (Phi) is 7.26. The zero-order valence-corrected chi connectivity index (χ0v) is 25.1. The molecule has 42 heavy (non-hydrogen) atoms. The van der Waals surface area contributed by atoms with Crippen LogP contribution in [0.1, 0.15) is 41.0 Å². The molecule has 3 heterocycles. The van der Waals surface area contributed by atoms with Gasteiger partial charge >= 0.3 is 0 Å². The third-order valence-corrected chi connectivity index (χ3v) is 8.70. The Bertz CT molecular complexity index is 2050. The molecule has 0 bridgehead atoms. The second kappa shape index (κ2) is 11.0. The van der Waals surface area contributed by atoms with Gasteiger partial charge in [-0.1, -0.05) is 71.5 Å². The number of benzene rings is 3. The largest absolute Gasteiger partial charge is 0.322 e. The summed E-state index contributed by atoms with van der Waals surface area (Å²) in [5.74, 6) is -0.310. The summed E-state index contributed by atoms with van der Waals surface area (Å²) in [6, 6.07) is 24.0. The molecule has 0 aliphatic carbocycles. The number of fused-ring (bicyclic) bond motifs is 1. The Morgan fingerprint density at radius 1 is 0.952 bits per heavy atom. The maximum absolute atomic E-state index is 14.1. The number of allylic oxidation sites excluding steroid dienone is 1. The topological polar surface area (TPSA) is 81.3 Å². The molecule has 2 aromatic heterocycles. The Morgan fingerprint density at radius 2 is 1.64 bits per heavy atom. The van der Waals surface area contributed by atoms with Crippen molar-refractivity contribution in [2.24, 2.45) is 4.99 Å². The molecule has 5 aromatic rings. The van der Waals surface area contributed by atoms with E-state index in [2.05, 4.69) is 5.32 Å². The van der Waals surface area contributed by atoms with Gasteiger partial charge in [-0.05, 0) is 75.2 Å². The Hall–Kier alpha value is -4.53. The maximum atomic E-state index is 14.1. The van der Waals surface area contributed by atoms with Crippen LogP contribution in [-0.2, 0) is 4.79 Å². The number of nitrogens with one attached hydrogen (secondary N) is 1. The van der Waals surface area contributed by atoms with Gasteiger partial charge < -0.3 is 5.32 Å². The molecule has 6 rings (SSSR count). The van der Waals surface area contributed by atoms with Gasteiger partial charge in [0.1, 0.15) is 0 Å². The summed E-state index contributed by atoms with van der Waals surface area (Å²) in [5.41, 5.74) is 6.70. The molecule has 1 N–H and O–H groups in total. The van der Waals surface area contributed by atoms with Crippen LogP contribution >= 0.6 is 22.9 Å². The van der Waals surface area contributed by atoms with Crippen molar-refractivity contribution < 1.29 is 4.79 Å². The number of aryl methyl sites for hydroxylation is 2. The van der Waals surface area contributed by atoms with Gasteiger partial charge in [0.25, 0.3) is 11.5 Å². The molecule has 0 radical (unpaired) electrons. The van der Waals surface area contributed by atoms with Crippen LogP contribution in [0.3, 0.4) is 0 Å². The quantitative estimate of drug-likeness (QED) is 0.286. The van der Waals surface area contributed by atoms with Gasteiger partial charge in [0.2, 0.25) is 0 Å². The van der Waals surface area contributed by atoms with Gasteiger partial charge in [-0.2, -0.15) is 5.10 Å². The number of amides is 1. The van der Waals surface area contributed by atoms with E-state index in [4.69, 9.17) is 21.7 Å². The van der Waals surface area contributed by atoms with E-state index in [0.717, 1.165) is 33.8 Å². The van der Waals surface area contributed by atoms with E-state index in [1.807, 2.05) is 105 Å². The molecule has 1 amide bonds. The highest BCUT2D eigenvalue weighted by molar-refractivity contribution is 7.07. The molecule has 1 aliphatic heterocycles. The number of hydrogen-bond donors (Lipinski definition) is 1. The summed E-state index contributed by atoms with van der Waals surface area (Å²) in [6.07, 6.45) is 1.88. The second-order valence-corrected chi connectivity index (χ2v) is 11.7. The van der Waals surface area contributed by atoms with Gasteiger partial charge in [0.05, 0.1) is 33.2 Å². The monoisotopic (exact) mass is 593 g/mol. The average Bonchev–Trinajstić information content (AvgIpc) is 3.44. The van der Waals surface area contributed by atoms with Crippen LogP contribution in [0.4, 0.5) is 5.69 Å². The Balaban J connectivity index is 1.50. The SMILES string of the molecule is CC1=C(C(=O)Nc2ccccc2C)[C@@H](c2ccc(Cl)cc2)n2c(s/c(=C/c3c(C)nn(-c4ccccc4)c3C)c2=O)=N1. The Morgan fingerprint density at radius 3 is 2.36 bits per heavy atom. The number of rotatable bonds is 5. The van der Waals surface area contributed by atoms with E-state index in [1.54, 1.807) is 16.7 Å². The fourth-order valence-corrected chi connectivity index (χ4v) is 6.44. The lowest BCUT2D eigenvalue weighted by atomic mass is 9.95. The molecule has 0 fully saturated rings. The van der Waals surface area contributed by atoms with Crippen molar-refractivity contribution in [3.63, 3.8) is 0 Å². The molecule has 9 heteroatoms. The number of carbonyl (C=O) groups is 1. The van der Waals surface area contributed by atoms with E-state index < -0.39 is 6.04 Å². The van der Waals surface area contributed by atoms with Crippen molar-refractivity contribution in [1.82, 2.24) is 14.3 Å². The molecule has 1 atom stereocenters. The lowest BCUT2D eigenvalue weighted by Crippen LogP contribution is -2.40. The standard InChI is InChI=1S/C33H28ClN5O2S/c1-19-10-8-9-13-27(19)36-31(40)29-21(3)35-33-38(30(29)23-14-16-24(34)17-15-23)32(41)28(42-33)18-26-20(2)37-39(22(26)4)25-11-6-5-7-12-25/h5-18,30H,1-4H3,(H,36,40)/b28-18+/t30-/m1/s1. The zero-order chi connectivity index (χ0) is 29.5. The van der Waals surface area contributed by atoms with Gasteiger partial charge in [0.15, 0.2) is 4.80 Å². The number of anilines is 1. The summed E-state index contributed by atoms with van der Waals surface area (Å²) < 4.78 is 4.01. The third-order valence-electron chi connectivity index (χ3n) is 7.47. The van der Waals surface area contributed by atoms with E-state index in [0.29, 0.717) is 31.3 Å². The summed E-state index contributed by atoms with van der Waals surface area (Å²) in [5, 5.41) is 8.34. The number of carbonyl (C=O) groups excluding carboxylic acids is 1. The lowest BCUT2D eigenvalue weighted by Gasteiger charge is -2.25. The van der Waals surface area contributed by atoms with Crippen LogP contribution < -0.4 is 20.2 Å². The highest BCUT2D eigenvalue weighted by atomic mass is 35.5. The summed E-state index contributed by atoms with van der Waals surface area (Å²) >= 11 is 7.52. The first-order valence-corrected chi connectivity index (χ1v) is 14.7. The molecular formula is C33H28ClN5O2S. The molecule has 0 spiro atoms. The molecule has 1 aliphatic rings. The first kappa shape index (κ1) is 27.6. The first-order chi connectivity index (χ1) is 20.2. The smallest absolute Gasteiger partial charge is 0.271 e. The fourth-order valence-electron chi connectivity index (χ4n) is 5.29. The van der Waals surface area contributed by atoms with Crippen LogP contribution in [0, 0.1) is 20.8 Å². The van der Waals surface area contributed by atoms with Crippen molar-refractivity contribution in [3.8, 4) is 5.69 Å². The van der Waals surface area contributed by atoms with Crippen molar-refractivity contribution in [3.05, 3.63) is 143 Å². The molecule has 210 valence electrons. The molecule has 7 nitrogen and oxygen atoms in total. The minimum atomic E-state index is -0.682. The van der Waals surface area contributed by atoms with Gasteiger partial charge in [-0.3, -0.25) is 14.2 Å². The molecule has 0 unspecified atom stereocenters. The minimum absolute atomic E-state index is 0.223. The molecular weight excluding hydrogens is 566 g/mol. The van der Waals surface area contributed by atoms with Crippen LogP contribution in [0.2, 0.25) is 5.02 Å². The van der Waals surface area contributed by atoms with Gasteiger partial charge in [-0.25, -0.2) is 9.67 Å². The van der Waals surface area contributed by atoms with Crippen molar-refractivity contribution in [2.45, 2.75) is 33.7 Å². The van der Waals surface area contributed by atoms with E-state index in [-0.39, 0.29) is 11.5 Å². The van der Waals surface area contributed by atoms with Crippen molar-refractivity contribution in [1.29, 1.82) is 0 Å². The highest BCUT2D eigenvalue weighted by Gasteiger charge is 2.32. The fraction of sp³-hybridized carbons (Fsp3) is 0.152. The molecule has 3 aromatic carbocycles. The van der Waals surface area contributed by atoms with Crippen molar-refractivity contribution >= 4 is 40.6 Å². The average molecular weight is 594 g/mol. The summed E-state index contributed by atoms with van der Waals surface area (Å²) in [7, 11) is 0. The van der Waals surface area contributed by atoms with Gasteiger partial charge in [-0.15, -0.1) is 0 Å².